The van der Waals surface area contributed by atoms with Crippen LogP contribution in [0.15, 0.2) is 42.0 Å². The van der Waals surface area contributed by atoms with E-state index in [4.69, 9.17) is 0 Å². The van der Waals surface area contributed by atoms with Gasteiger partial charge in [0.15, 0.2) is 5.13 Å². The van der Waals surface area contributed by atoms with Crippen molar-refractivity contribution in [1.29, 1.82) is 5.26 Å². The molecule has 0 aliphatic heterocycles. The minimum atomic E-state index is -4.87. The fraction of sp³-hybridized carbons (Fsp3) is 0.250. The number of halogens is 3. The lowest BCUT2D eigenvalue weighted by atomic mass is 10.3. The molecular weight excluding hydrogens is 461 g/mol. The summed E-state index contributed by atoms with van der Waals surface area (Å²) in [6.07, 6.45) is -0.181. The molecule has 0 unspecified atom stereocenters. The first-order chi connectivity index (χ1) is 15.7. The van der Waals surface area contributed by atoms with E-state index in [-0.39, 0.29) is 23.1 Å². The molecule has 1 aliphatic rings. The maximum atomic E-state index is 12.4. The van der Waals surface area contributed by atoms with Crippen molar-refractivity contribution in [3.05, 3.63) is 47.6 Å². The van der Waals surface area contributed by atoms with Gasteiger partial charge in [0.2, 0.25) is 11.8 Å². The second kappa shape index (κ2) is 8.55. The zero-order valence-electron chi connectivity index (χ0n) is 16.7. The molecule has 1 aliphatic carbocycles. The number of ether oxygens (including phenoxy) is 1. The molecule has 0 spiro atoms. The number of carbonyl (C=O) groups is 2. The Hall–Kier alpha value is -3.92. The van der Waals surface area contributed by atoms with Crippen molar-refractivity contribution in [3.63, 3.8) is 0 Å². The zero-order valence-corrected chi connectivity index (χ0v) is 17.5. The Balaban J connectivity index is 1.32. The average molecular weight is 476 g/mol. The first kappa shape index (κ1) is 22.3. The highest BCUT2D eigenvalue weighted by Crippen LogP contribution is 2.42. The maximum Gasteiger partial charge on any atom is 0.574 e. The minimum Gasteiger partial charge on any atom is -0.388 e. The van der Waals surface area contributed by atoms with E-state index in [1.807, 2.05) is 0 Å². The van der Waals surface area contributed by atoms with E-state index in [2.05, 4.69) is 31.4 Å². The van der Waals surface area contributed by atoms with Gasteiger partial charge >= 0.3 is 6.36 Å². The zero-order chi connectivity index (χ0) is 23.6. The normalized spacial score (nSPS) is 14.2. The fourth-order valence-electron chi connectivity index (χ4n) is 2.95. The van der Waals surface area contributed by atoms with E-state index < -0.39 is 29.6 Å². The third-order valence-electron chi connectivity index (χ3n) is 4.75. The number of rotatable bonds is 7. The van der Waals surface area contributed by atoms with Crippen molar-refractivity contribution < 1.29 is 27.5 Å². The van der Waals surface area contributed by atoms with Gasteiger partial charge in [-0.3, -0.25) is 9.59 Å². The van der Waals surface area contributed by atoms with E-state index in [1.165, 1.54) is 17.5 Å². The molecule has 1 fully saturated rings. The van der Waals surface area contributed by atoms with Gasteiger partial charge in [0.25, 0.3) is 5.91 Å². The summed E-state index contributed by atoms with van der Waals surface area (Å²) in [5, 5.41) is 15.9. The summed E-state index contributed by atoms with van der Waals surface area (Å²) in [7, 11) is 0. The lowest BCUT2D eigenvalue weighted by Crippen LogP contribution is -2.32. The van der Waals surface area contributed by atoms with Gasteiger partial charge in [-0.05, 0) is 25.0 Å². The van der Waals surface area contributed by atoms with Gasteiger partial charge in [0.1, 0.15) is 11.2 Å². The summed E-state index contributed by atoms with van der Waals surface area (Å²) in [5.41, 5.74) is 0.135. The number of pyridine rings is 1. The van der Waals surface area contributed by atoms with Crippen LogP contribution in [0.3, 0.4) is 0 Å². The number of carbonyl (C=O) groups excluding carboxylic acids is 2. The van der Waals surface area contributed by atoms with Gasteiger partial charge < -0.3 is 19.9 Å². The summed E-state index contributed by atoms with van der Waals surface area (Å²) in [6, 6.07) is 7.65. The van der Waals surface area contributed by atoms with Crippen LogP contribution in [-0.4, -0.2) is 39.3 Å². The van der Waals surface area contributed by atoms with Gasteiger partial charge in [-0.2, -0.15) is 5.26 Å². The number of alkyl halides is 3. The average Bonchev–Trinajstić information content (AvgIpc) is 3.17. The molecule has 13 heteroatoms. The Labute approximate surface area is 188 Å². The molecule has 0 saturated heterocycles. The Morgan fingerprint density at radius 3 is 2.73 bits per heavy atom. The van der Waals surface area contributed by atoms with Gasteiger partial charge in [-0.25, -0.2) is 9.97 Å². The van der Waals surface area contributed by atoms with Crippen LogP contribution in [0, 0.1) is 11.3 Å². The number of nitrogens with one attached hydrogen (secondary N) is 2. The molecule has 1 saturated carbocycles. The summed E-state index contributed by atoms with van der Waals surface area (Å²) in [6.45, 7) is -0.324. The molecule has 0 radical (unpaired) electrons. The highest BCUT2D eigenvalue weighted by Gasteiger charge is 2.45. The van der Waals surface area contributed by atoms with Crippen LogP contribution in [0.4, 0.5) is 18.3 Å². The van der Waals surface area contributed by atoms with E-state index in [0.29, 0.717) is 5.56 Å². The molecule has 170 valence electrons. The lowest BCUT2D eigenvalue weighted by Gasteiger charge is -2.08. The maximum absolute atomic E-state index is 12.4. The number of nitriles is 1. The Bertz CT molecular complexity index is 1240. The SMILES string of the molecule is N#CC1(n2ccc(C(=O)NCC(=O)Nc3nc(-c4cccc(OC(F)(F)F)n4)cs3)c2)CC1. The number of anilines is 1. The third kappa shape index (κ3) is 5.29. The number of nitrogens with zero attached hydrogens (tertiary/aromatic N) is 4. The molecule has 3 aromatic rings. The second-order valence-corrected chi connectivity index (χ2v) is 7.99. The smallest absolute Gasteiger partial charge is 0.388 e. The highest BCUT2D eigenvalue weighted by atomic mass is 32.1. The Kier molecular flexibility index (Phi) is 5.77. The standard InChI is InChI=1S/C20H15F3N6O3S/c21-20(22,23)32-16-3-1-2-13(26-16)14-10-33-18(27-14)28-15(30)8-25-17(31)12-4-7-29(9-12)19(11-24)5-6-19/h1-4,7,9-10H,5-6,8H2,(H,25,31)(H,27,28,30). The molecule has 2 N–H and O–H groups in total. The molecule has 3 heterocycles. The van der Waals surface area contributed by atoms with Crippen molar-refractivity contribution >= 4 is 28.3 Å². The molecular formula is C20H15F3N6O3S. The summed E-state index contributed by atoms with van der Waals surface area (Å²) < 4.78 is 42.6. The van der Waals surface area contributed by atoms with Crippen molar-refractivity contribution in [3.8, 4) is 23.3 Å². The monoisotopic (exact) mass is 476 g/mol. The first-order valence-electron chi connectivity index (χ1n) is 9.54. The Morgan fingerprint density at radius 2 is 2.03 bits per heavy atom. The van der Waals surface area contributed by atoms with Crippen LogP contribution in [0.5, 0.6) is 5.88 Å². The van der Waals surface area contributed by atoms with E-state index in [0.717, 1.165) is 30.2 Å². The summed E-state index contributed by atoms with van der Waals surface area (Å²) in [4.78, 5) is 32.3. The highest BCUT2D eigenvalue weighted by molar-refractivity contribution is 7.14. The lowest BCUT2D eigenvalue weighted by molar-refractivity contribution is -0.276. The predicted molar refractivity (Wildman–Crippen MR) is 110 cm³/mol. The number of aromatic nitrogens is 3. The first-order valence-corrected chi connectivity index (χ1v) is 10.4. The fourth-order valence-corrected chi connectivity index (χ4v) is 3.67. The van der Waals surface area contributed by atoms with Crippen molar-refractivity contribution in [2.24, 2.45) is 0 Å². The van der Waals surface area contributed by atoms with Crippen LogP contribution in [0.25, 0.3) is 11.4 Å². The van der Waals surface area contributed by atoms with Crippen LogP contribution in [0.2, 0.25) is 0 Å². The van der Waals surface area contributed by atoms with Crippen LogP contribution >= 0.6 is 11.3 Å². The molecule has 33 heavy (non-hydrogen) atoms. The molecule has 0 aromatic carbocycles. The minimum absolute atomic E-state index is 0.136. The third-order valence-corrected chi connectivity index (χ3v) is 5.51. The number of amides is 2. The van der Waals surface area contributed by atoms with Gasteiger partial charge in [-0.1, -0.05) is 6.07 Å². The van der Waals surface area contributed by atoms with Crippen molar-refractivity contribution in [2.45, 2.75) is 24.7 Å². The largest absolute Gasteiger partial charge is 0.574 e. The van der Waals surface area contributed by atoms with Crippen LogP contribution in [-0.2, 0) is 10.3 Å². The van der Waals surface area contributed by atoms with E-state index >= 15 is 0 Å². The number of thiazole rings is 1. The molecule has 0 bridgehead atoms. The van der Waals surface area contributed by atoms with Gasteiger partial charge in [-0.15, -0.1) is 24.5 Å². The van der Waals surface area contributed by atoms with Crippen LogP contribution < -0.4 is 15.4 Å². The summed E-state index contributed by atoms with van der Waals surface area (Å²) in [5.74, 6) is -1.64. The topological polar surface area (TPSA) is 122 Å². The van der Waals surface area contributed by atoms with Crippen molar-refractivity contribution in [1.82, 2.24) is 19.9 Å². The van der Waals surface area contributed by atoms with Gasteiger partial charge in [0.05, 0.1) is 23.9 Å². The quantitative estimate of drug-likeness (QED) is 0.540. The van der Waals surface area contributed by atoms with Crippen molar-refractivity contribution in [2.75, 3.05) is 11.9 Å². The van der Waals surface area contributed by atoms with E-state index in [1.54, 1.807) is 23.0 Å². The van der Waals surface area contributed by atoms with Gasteiger partial charge in [0, 0.05) is 23.8 Å². The number of hydrogen-bond acceptors (Lipinski definition) is 7. The Morgan fingerprint density at radius 1 is 1.24 bits per heavy atom. The van der Waals surface area contributed by atoms with Crippen LogP contribution in [0.1, 0.15) is 23.2 Å². The van der Waals surface area contributed by atoms with E-state index in [9.17, 15) is 28.0 Å². The molecule has 2 amide bonds. The molecule has 3 aromatic heterocycles. The second-order valence-electron chi connectivity index (χ2n) is 7.13. The molecule has 4 rings (SSSR count). The molecule has 0 atom stereocenters. The number of hydrogen-bond donors (Lipinski definition) is 2. The summed E-state index contributed by atoms with van der Waals surface area (Å²) >= 11 is 1.05. The molecule has 9 nitrogen and oxygen atoms in total. The predicted octanol–water partition coefficient (Wildman–Crippen LogP) is 3.29.